The number of non-ortho nitro benzene ring substituents is 1. The lowest BCUT2D eigenvalue weighted by Gasteiger charge is -2.34. The molecule has 0 aromatic heterocycles. The van der Waals surface area contributed by atoms with Crippen molar-refractivity contribution >= 4 is 21.4 Å². The molecule has 0 spiro atoms. The quantitative estimate of drug-likeness (QED) is 0.601. The fourth-order valence-electron chi connectivity index (χ4n) is 3.48. The number of nitro benzene ring substituents is 1. The molecule has 1 fully saturated rings. The first kappa shape index (κ1) is 20.2. The SMILES string of the molecule is NS(=O)(=O)c1ccc([N+](=O)[O-])cc1N1CCC(Cc2ccc(F)c(F)c2)CC1. The van der Waals surface area contributed by atoms with Gasteiger partial charge in [-0.15, -0.1) is 0 Å². The van der Waals surface area contributed by atoms with Crippen molar-refractivity contribution < 1.29 is 22.1 Å². The summed E-state index contributed by atoms with van der Waals surface area (Å²) < 4.78 is 50.1. The number of nitrogens with zero attached hydrogens (tertiary/aromatic N) is 2. The second kappa shape index (κ2) is 7.80. The van der Waals surface area contributed by atoms with Gasteiger partial charge in [0.05, 0.1) is 10.6 Å². The molecular formula is C18H19F2N3O4S. The van der Waals surface area contributed by atoms with E-state index in [0.29, 0.717) is 37.9 Å². The topological polar surface area (TPSA) is 107 Å². The summed E-state index contributed by atoms with van der Waals surface area (Å²) in [6.07, 6.45) is 1.92. The first-order valence-electron chi connectivity index (χ1n) is 8.65. The van der Waals surface area contributed by atoms with Gasteiger partial charge in [-0.3, -0.25) is 10.1 Å². The Balaban J connectivity index is 1.76. The highest BCUT2D eigenvalue weighted by atomic mass is 32.2. The van der Waals surface area contributed by atoms with Gasteiger partial charge in [0.15, 0.2) is 11.6 Å². The van der Waals surface area contributed by atoms with E-state index < -0.39 is 26.6 Å². The number of anilines is 1. The van der Waals surface area contributed by atoms with E-state index >= 15 is 0 Å². The third-order valence-electron chi connectivity index (χ3n) is 4.92. The predicted octanol–water partition coefficient (Wildman–Crippen LogP) is 2.98. The first-order valence-corrected chi connectivity index (χ1v) is 10.2. The van der Waals surface area contributed by atoms with Crippen LogP contribution in [0.2, 0.25) is 0 Å². The number of primary sulfonamides is 1. The number of piperidine rings is 1. The van der Waals surface area contributed by atoms with E-state index in [1.54, 1.807) is 11.0 Å². The molecule has 2 aromatic rings. The molecule has 1 aliphatic heterocycles. The van der Waals surface area contributed by atoms with Gasteiger partial charge in [0, 0.05) is 25.2 Å². The van der Waals surface area contributed by atoms with Gasteiger partial charge in [0.2, 0.25) is 10.0 Å². The van der Waals surface area contributed by atoms with Crippen LogP contribution in [0.25, 0.3) is 0 Å². The number of rotatable bonds is 5. The lowest BCUT2D eigenvalue weighted by molar-refractivity contribution is -0.384. The lowest BCUT2D eigenvalue weighted by Crippen LogP contribution is -2.35. The van der Waals surface area contributed by atoms with E-state index in [-0.39, 0.29) is 22.2 Å². The monoisotopic (exact) mass is 411 g/mol. The van der Waals surface area contributed by atoms with E-state index in [1.807, 2.05) is 0 Å². The van der Waals surface area contributed by atoms with Gasteiger partial charge < -0.3 is 4.90 Å². The standard InChI is InChI=1S/C18H19F2N3O4S/c19-15-3-1-13(10-16(15)20)9-12-5-7-22(8-6-12)17-11-14(23(24)25)2-4-18(17)28(21,26)27/h1-4,10-12H,5-9H2,(H2,21,26,27). The average Bonchev–Trinajstić information content (AvgIpc) is 2.64. The smallest absolute Gasteiger partial charge is 0.271 e. The molecule has 0 saturated carbocycles. The van der Waals surface area contributed by atoms with Gasteiger partial charge in [0.1, 0.15) is 4.90 Å². The minimum atomic E-state index is -4.04. The van der Waals surface area contributed by atoms with Crippen LogP contribution in [0.1, 0.15) is 18.4 Å². The molecule has 28 heavy (non-hydrogen) atoms. The van der Waals surface area contributed by atoms with E-state index in [9.17, 15) is 27.3 Å². The number of nitrogens with two attached hydrogens (primary N) is 1. The van der Waals surface area contributed by atoms with E-state index in [4.69, 9.17) is 5.14 Å². The fraction of sp³-hybridized carbons (Fsp3) is 0.333. The van der Waals surface area contributed by atoms with Gasteiger partial charge in [0.25, 0.3) is 5.69 Å². The highest BCUT2D eigenvalue weighted by Crippen LogP contribution is 2.33. The Hall–Kier alpha value is -2.59. The van der Waals surface area contributed by atoms with Crippen molar-refractivity contribution in [2.75, 3.05) is 18.0 Å². The summed E-state index contributed by atoms with van der Waals surface area (Å²) >= 11 is 0. The zero-order valence-electron chi connectivity index (χ0n) is 14.8. The Bertz CT molecular complexity index is 1010. The second-order valence-corrected chi connectivity index (χ2v) is 8.37. The molecule has 0 bridgehead atoms. The zero-order valence-corrected chi connectivity index (χ0v) is 15.7. The van der Waals surface area contributed by atoms with Crippen molar-refractivity contribution in [1.82, 2.24) is 0 Å². The summed E-state index contributed by atoms with van der Waals surface area (Å²) in [6.45, 7) is 0.941. The lowest BCUT2D eigenvalue weighted by atomic mass is 9.90. The van der Waals surface area contributed by atoms with Crippen molar-refractivity contribution in [2.45, 2.75) is 24.2 Å². The molecule has 0 atom stereocenters. The summed E-state index contributed by atoms with van der Waals surface area (Å²) in [6, 6.07) is 7.30. The molecule has 1 saturated heterocycles. The molecule has 2 N–H and O–H groups in total. The highest BCUT2D eigenvalue weighted by Gasteiger charge is 2.26. The maximum atomic E-state index is 13.4. The van der Waals surface area contributed by atoms with Crippen LogP contribution in [0.4, 0.5) is 20.2 Å². The summed E-state index contributed by atoms with van der Waals surface area (Å²) in [5.41, 5.74) is 0.687. The van der Waals surface area contributed by atoms with Gasteiger partial charge in [-0.1, -0.05) is 6.07 Å². The Morgan fingerprint density at radius 1 is 1.11 bits per heavy atom. The van der Waals surface area contributed by atoms with Crippen LogP contribution in [0.15, 0.2) is 41.3 Å². The minimum absolute atomic E-state index is 0.155. The summed E-state index contributed by atoms with van der Waals surface area (Å²) in [7, 11) is -4.04. The largest absolute Gasteiger partial charge is 0.370 e. The number of nitro groups is 1. The Morgan fingerprint density at radius 3 is 2.36 bits per heavy atom. The van der Waals surface area contributed by atoms with Crippen LogP contribution in [-0.2, 0) is 16.4 Å². The molecule has 10 heteroatoms. The van der Waals surface area contributed by atoms with Gasteiger partial charge in [-0.05, 0) is 48.9 Å². The molecule has 0 amide bonds. The normalized spacial score (nSPS) is 15.6. The van der Waals surface area contributed by atoms with Crippen LogP contribution in [0, 0.1) is 27.7 Å². The predicted molar refractivity (Wildman–Crippen MR) is 99.5 cm³/mol. The molecular weight excluding hydrogens is 392 g/mol. The first-order chi connectivity index (χ1) is 13.1. The van der Waals surface area contributed by atoms with Crippen molar-refractivity contribution in [2.24, 2.45) is 11.1 Å². The number of halogens is 2. The molecule has 0 aliphatic carbocycles. The molecule has 0 unspecified atom stereocenters. The van der Waals surface area contributed by atoms with E-state index in [2.05, 4.69) is 0 Å². The Morgan fingerprint density at radius 2 is 1.79 bits per heavy atom. The van der Waals surface area contributed by atoms with Crippen molar-refractivity contribution in [3.05, 3.63) is 63.7 Å². The maximum Gasteiger partial charge on any atom is 0.271 e. The van der Waals surface area contributed by atoms with Crippen molar-refractivity contribution in [3.8, 4) is 0 Å². The third-order valence-corrected chi connectivity index (χ3v) is 5.88. The molecule has 7 nitrogen and oxygen atoms in total. The Labute approximate surface area is 161 Å². The zero-order chi connectivity index (χ0) is 20.5. The molecule has 1 aliphatic rings. The van der Waals surface area contributed by atoms with Crippen LogP contribution in [0.5, 0.6) is 0 Å². The molecule has 3 rings (SSSR count). The maximum absolute atomic E-state index is 13.4. The second-order valence-electron chi connectivity index (χ2n) is 6.84. The number of sulfonamides is 1. The van der Waals surface area contributed by atoms with Crippen LogP contribution >= 0.6 is 0 Å². The van der Waals surface area contributed by atoms with Crippen LogP contribution in [0.3, 0.4) is 0 Å². The van der Waals surface area contributed by atoms with Gasteiger partial charge >= 0.3 is 0 Å². The summed E-state index contributed by atoms with van der Waals surface area (Å²) in [5, 5.41) is 16.3. The van der Waals surface area contributed by atoms with Crippen LogP contribution < -0.4 is 10.0 Å². The molecule has 0 radical (unpaired) electrons. The Kier molecular flexibility index (Phi) is 5.61. The van der Waals surface area contributed by atoms with E-state index in [0.717, 1.165) is 18.2 Å². The summed E-state index contributed by atoms with van der Waals surface area (Å²) in [4.78, 5) is 12.1. The van der Waals surface area contributed by atoms with E-state index in [1.165, 1.54) is 12.1 Å². The summed E-state index contributed by atoms with van der Waals surface area (Å²) in [5.74, 6) is -1.57. The van der Waals surface area contributed by atoms with Gasteiger partial charge in [-0.25, -0.2) is 22.3 Å². The molecule has 2 aromatic carbocycles. The number of hydrogen-bond acceptors (Lipinski definition) is 5. The third kappa shape index (κ3) is 4.45. The molecule has 150 valence electrons. The average molecular weight is 411 g/mol. The number of hydrogen-bond donors (Lipinski definition) is 1. The van der Waals surface area contributed by atoms with Gasteiger partial charge in [-0.2, -0.15) is 0 Å². The van der Waals surface area contributed by atoms with Crippen molar-refractivity contribution in [3.63, 3.8) is 0 Å². The number of benzene rings is 2. The molecule has 1 heterocycles. The fourth-order valence-corrected chi connectivity index (χ4v) is 4.22. The van der Waals surface area contributed by atoms with Crippen molar-refractivity contribution in [1.29, 1.82) is 0 Å². The highest BCUT2D eigenvalue weighted by molar-refractivity contribution is 7.89. The minimum Gasteiger partial charge on any atom is -0.370 e. The van der Waals surface area contributed by atoms with Crippen LogP contribution in [-0.4, -0.2) is 26.4 Å².